The smallest absolute Gasteiger partial charge is 0.227 e. The lowest BCUT2D eigenvalue weighted by Crippen LogP contribution is -2.31. The minimum absolute atomic E-state index is 0.228. The Labute approximate surface area is 126 Å². The maximum Gasteiger partial charge on any atom is 0.227 e. The first-order valence-electron chi connectivity index (χ1n) is 7.75. The molecule has 0 saturated carbocycles. The number of piperidine rings is 1. The van der Waals surface area contributed by atoms with Gasteiger partial charge in [-0.2, -0.15) is 4.98 Å². The Balaban J connectivity index is 1.74. The third-order valence-corrected chi connectivity index (χ3v) is 4.38. The molecule has 1 unspecified atom stereocenters. The average molecular weight is 285 g/mol. The lowest BCUT2D eigenvalue weighted by atomic mass is 9.84. The Bertz CT molecular complexity index is 571. The molecule has 1 aromatic carbocycles. The molecule has 0 amide bonds. The summed E-state index contributed by atoms with van der Waals surface area (Å²) in [5.74, 6) is 2.15. The zero-order valence-corrected chi connectivity index (χ0v) is 12.8. The Morgan fingerprint density at radius 1 is 1.29 bits per heavy atom. The van der Waals surface area contributed by atoms with Crippen LogP contribution in [0.2, 0.25) is 0 Å². The summed E-state index contributed by atoms with van der Waals surface area (Å²) in [6.45, 7) is 6.46. The third kappa shape index (κ3) is 3.16. The van der Waals surface area contributed by atoms with Crippen molar-refractivity contribution in [3.05, 3.63) is 47.6 Å². The van der Waals surface area contributed by atoms with Gasteiger partial charge in [0.1, 0.15) is 0 Å². The molecule has 0 aliphatic carbocycles. The van der Waals surface area contributed by atoms with Crippen LogP contribution in [0.1, 0.15) is 44.0 Å². The van der Waals surface area contributed by atoms with E-state index in [0.29, 0.717) is 5.92 Å². The van der Waals surface area contributed by atoms with Crippen molar-refractivity contribution in [2.24, 2.45) is 5.92 Å². The van der Waals surface area contributed by atoms with Crippen molar-refractivity contribution < 1.29 is 4.52 Å². The summed E-state index contributed by atoms with van der Waals surface area (Å²) in [4.78, 5) is 4.65. The van der Waals surface area contributed by atoms with Crippen molar-refractivity contribution in [2.45, 2.75) is 38.5 Å². The van der Waals surface area contributed by atoms with Gasteiger partial charge in [-0.3, -0.25) is 0 Å². The van der Waals surface area contributed by atoms with Crippen LogP contribution in [0, 0.1) is 5.92 Å². The molecule has 3 rings (SSSR count). The highest BCUT2D eigenvalue weighted by Gasteiger charge is 2.29. The quantitative estimate of drug-likeness (QED) is 0.938. The summed E-state index contributed by atoms with van der Waals surface area (Å²) in [6, 6.07) is 10.3. The molecule has 0 radical (unpaired) electrons. The molecule has 112 valence electrons. The SMILES string of the molecule is CC(C)(c1ccccc1)c1noc(CC2CCCNC2)n1. The van der Waals surface area contributed by atoms with Crippen LogP contribution in [0.3, 0.4) is 0 Å². The number of nitrogens with one attached hydrogen (secondary N) is 1. The van der Waals surface area contributed by atoms with Crippen molar-refractivity contribution in [2.75, 3.05) is 13.1 Å². The molecule has 0 spiro atoms. The lowest BCUT2D eigenvalue weighted by Gasteiger charge is -2.21. The van der Waals surface area contributed by atoms with E-state index in [-0.39, 0.29) is 5.41 Å². The molecule has 0 bridgehead atoms. The molecule has 1 aliphatic rings. The molecule has 1 fully saturated rings. The van der Waals surface area contributed by atoms with E-state index < -0.39 is 0 Å². The van der Waals surface area contributed by atoms with Crippen LogP contribution in [-0.4, -0.2) is 23.2 Å². The summed E-state index contributed by atoms with van der Waals surface area (Å²) < 4.78 is 5.49. The Morgan fingerprint density at radius 3 is 2.81 bits per heavy atom. The summed E-state index contributed by atoms with van der Waals surface area (Å²) in [6.07, 6.45) is 3.36. The minimum atomic E-state index is -0.228. The predicted molar refractivity (Wildman–Crippen MR) is 82.2 cm³/mol. The molecule has 1 saturated heterocycles. The highest BCUT2D eigenvalue weighted by Crippen LogP contribution is 2.29. The van der Waals surface area contributed by atoms with Crippen LogP contribution in [-0.2, 0) is 11.8 Å². The van der Waals surface area contributed by atoms with E-state index in [0.717, 1.165) is 31.2 Å². The highest BCUT2D eigenvalue weighted by molar-refractivity contribution is 5.30. The normalized spacial score (nSPS) is 19.6. The standard InChI is InChI=1S/C17H23N3O/c1-17(2,14-8-4-3-5-9-14)16-19-15(21-20-16)11-13-7-6-10-18-12-13/h3-5,8-9,13,18H,6-7,10-12H2,1-2H3. The van der Waals surface area contributed by atoms with Gasteiger partial charge >= 0.3 is 0 Å². The molecular formula is C17H23N3O. The summed E-state index contributed by atoms with van der Waals surface area (Å²) in [5, 5.41) is 7.65. The van der Waals surface area contributed by atoms with Crippen molar-refractivity contribution >= 4 is 0 Å². The van der Waals surface area contributed by atoms with Gasteiger partial charge in [0.05, 0.1) is 5.41 Å². The Kier molecular flexibility index (Phi) is 4.06. The minimum Gasteiger partial charge on any atom is -0.339 e. The molecule has 1 aromatic heterocycles. The van der Waals surface area contributed by atoms with Gasteiger partial charge in [0, 0.05) is 6.42 Å². The van der Waals surface area contributed by atoms with Crippen molar-refractivity contribution in [3.8, 4) is 0 Å². The number of hydrogen-bond acceptors (Lipinski definition) is 4. The van der Waals surface area contributed by atoms with Gasteiger partial charge in [0.25, 0.3) is 0 Å². The van der Waals surface area contributed by atoms with Crippen molar-refractivity contribution in [3.63, 3.8) is 0 Å². The van der Waals surface area contributed by atoms with E-state index in [1.54, 1.807) is 0 Å². The van der Waals surface area contributed by atoms with Crippen LogP contribution >= 0.6 is 0 Å². The first-order chi connectivity index (χ1) is 10.2. The maximum atomic E-state index is 5.49. The highest BCUT2D eigenvalue weighted by atomic mass is 16.5. The number of benzene rings is 1. The van der Waals surface area contributed by atoms with Gasteiger partial charge in [-0.05, 0) is 51.3 Å². The fourth-order valence-corrected chi connectivity index (χ4v) is 2.92. The van der Waals surface area contributed by atoms with Crippen molar-refractivity contribution in [1.29, 1.82) is 0 Å². The van der Waals surface area contributed by atoms with E-state index in [4.69, 9.17) is 4.52 Å². The molecule has 21 heavy (non-hydrogen) atoms. The number of rotatable bonds is 4. The number of aromatic nitrogens is 2. The molecule has 1 aliphatic heterocycles. The zero-order chi connectivity index (χ0) is 14.7. The molecule has 2 aromatic rings. The third-order valence-electron chi connectivity index (χ3n) is 4.38. The fourth-order valence-electron chi connectivity index (χ4n) is 2.92. The average Bonchev–Trinajstić information content (AvgIpc) is 2.98. The van der Waals surface area contributed by atoms with E-state index in [2.05, 4.69) is 41.4 Å². The second-order valence-electron chi connectivity index (χ2n) is 6.42. The monoisotopic (exact) mass is 285 g/mol. The van der Waals surface area contributed by atoms with E-state index >= 15 is 0 Å². The topological polar surface area (TPSA) is 51.0 Å². The van der Waals surface area contributed by atoms with Gasteiger partial charge in [-0.25, -0.2) is 0 Å². The zero-order valence-electron chi connectivity index (χ0n) is 12.8. The van der Waals surface area contributed by atoms with Crippen LogP contribution in [0.4, 0.5) is 0 Å². The maximum absolute atomic E-state index is 5.49. The van der Waals surface area contributed by atoms with Crippen LogP contribution in [0.25, 0.3) is 0 Å². The van der Waals surface area contributed by atoms with Crippen LogP contribution in [0.5, 0.6) is 0 Å². The Hall–Kier alpha value is -1.68. The first-order valence-corrected chi connectivity index (χ1v) is 7.75. The molecule has 4 heteroatoms. The van der Waals surface area contributed by atoms with Gasteiger partial charge in [0.15, 0.2) is 5.82 Å². The summed E-state index contributed by atoms with van der Waals surface area (Å²) >= 11 is 0. The second-order valence-corrected chi connectivity index (χ2v) is 6.42. The Morgan fingerprint density at radius 2 is 2.10 bits per heavy atom. The van der Waals surface area contributed by atoms with Gasteiger partial charge in [0.2, 0.25) is 5.89 Å². The molecule has 1 atom stereocenters. The second kappa shape index (κ2) is 5.98. The van der Waals surface area contributed by atoms with Crippen molar-refractivity contribution in [1.82, 2.24) is 15.5 Å². The number of hydrogen-bond donors (Lipinski definition) is 1. The molecule has 2 heterocycles. The lowest BCUT2D eigenvalue weighted by molar-refractivity contribution is 0.312. The number of nitrogens with zero attached hydrogens (tertiary/aromatic N) is 2. The molecule has 1 N–H and O–H groups in total. The summed E-state index contributed by atoms with van der Waals surface area (Å²) in [7, 11) is 0. The van der Waals surface area contributed by atoms with Crippen LogP contribution < -0.4 is 5.32 Å². The first kappa shape index (κ1) is 14.3. The van der Waals surface area contributed by atoms with E-state index in [9.17, 15) is 0 Å². The summed E-state index contributed by atoms with van der Waals surface area (Å²) in [5.41, 5.74) is 0.977. The van der Waals surface area contributed by atoms with E-state index in [1.807, 2.05) is 18.2 Å². The fraction of sp³-hybridized carbons (Fsp3) is 0.529. The van der Waals surface area contributed by atoms with Gasteiger partial charge in [-0.1, -0.05) is 35.5 Å². The van der Waals surface area contributed by atoms with Crippen LogP contribution in [0.15, 0.2) is 34.9 Å². The van der Waals surface area contributed by atoms with Gasteiger partial charge in [-0.15, -0.1) is 0 Å². The molecule has 4 nitrogen and oxygen atoms in total. The molecular weight excluding hydrogens is 262 g/mol. The van der Waals surface area contributed by atoms with Gasteiger partial charge < -0.3 is 9.84 Å². The predicted octanol–water partition coefficient (Wildman–Crippen LogP) is 2.94. The largest absolute Gasteiger partial charge is 0.339 e. The van der Waals surface area contributed by atoms with E-state index in [1.165, 1.54) is 18.4 Å².